The van der Waals surface area contributed by atoms with Crippen molar-refractivity contribution in [3.63, 3.8) is 0 Å². The van der Waals surface area contributed by atoms with E-state index in [4.69, 9.17) is 4.74 Å². The van der Waals surface area contributed by atoms with Gasteiger partial charge in [-0.1, -0.05) is 32.0 Å². The normalized spacial score (nSPS) is 16.8. The zero-order valence-corrected chi connectivity index (χ0v) is 13.3. The van der Waals surface area contributed by atoms with Crippen molar-refractivity contribution in [3.8, 4) is 5.75 Å². The van der Waals surface area contributed by atoms with Crippen LogP contribution in [0.3, 0.4) is 0 Å². The number of ether oxygens (including phenoxy) is 1. The third kappa shape index (κ3) is 3.38. The van der Waals surface area contributed by atoms with E-state index >= 15 is 0 Å². The molecule has 1 aromatic carbocycles. The lowest BCUT2D eigenvalue weighted by molar-refractivity contribution is -0.164. The quantitative estimate of drug-likeness (QED) is 0.905. The molecular weight excluding hydrogens is 266 g/mol. The highest BCUT2D eigenvalue weighted by molar-refractivity contribution is 5.77. The van der Waals surface area contributed by atoms with E-state index in [1.54, 1.807) is 4.90 Å². The Hall–Kier alpha value is -1.55. The van der Waals surface area contributed by atoms with E-state index < -0.39 is 5.60 Å². The number of amides is 1. The first-order chi connectivity index (χ1) is 9.83. The summed E-state index contributed by atoms with van der Waals surface area (Å²) in [6.07, 6.45) is 0.349. The van der Waals surface area contributed by atoms with Crippen LogP contribution in [0.25, 0.3) is 0 Å². The van der Waals surface area contributed by atoms with Crippen molar-refractivity contribution in [3.05, 3.63) is 29.3 Å². The number of nitrogens with zero attached hydrogens (tertiary/aromatic N) is 1. The third-order valence-electron chi connectivity index (χ3n) is 4.33. The van der Waals surface area contributed by atoms with Gasteiger partial charge in [0.2, 0.25) is 5.91 Å². The highest BCUT2D eigenvalue weighted by Crippen LogP contribution is 2.29. The van der Waals surface area contributed by atoms with Gasteiger partial charge in [0.1, 0.15) is 11.4 Å². The Morgan fingerprint density at radius 2 is 1.90 bits per heavy atom. The van der Waals surface area contributed by atoms with E-state index in [1.165, 1.54) is 0 Å². The van der Waals surface area contributed by atoms with Crippen LogP contribution in [0.5, 0.6) is 5.75 Å². The highest BCUT2D eigenvalue weighted by atomic mass is 16.5. The SMILES string of the molecule is Cc1cccc(C)c1OCCC(=O)N1CC(O)(C(C)C)C1. The van der Waals surface area contributed by atoms with Crippen LogP contribution in [-0.4, -0.2) is 41.2 Å². The van der Waals surface area contributed by atoms with Crippen LogP contribution in [0, 0.1) is 19.8 Å². The maximum Gasteiger partial charge on any atom is 0.226 e. The molecular formula is C17H25NO3. The average molecular weight is 291 g/mol. The number of rotatable bonds is 5. The van der Waals surface area contributed by atoms with Gasteiger partial charge in [0.05, 0.1) is 26.1 Å². The van der Waals surface area contributed by atoms with Crippen molar-refractivity contribution in [1.82, 2.24) is 4.90 Å². The number of carbonyl (C=O) groups excluding carboxylic acids is 1. The van der Waals surface area contributed by atoms with Gasteiger partial charge < -0.3 is 14.7 Å². The Morgan fingerprint density at radius 3 is 2.43 bits per heavy atom. The maximum absolute atomic E-state index is 12.0. The van der Waals surface area contributed by atoms with Crippen LogP contribution in [-0.2, 0) is 4.79 Å². The van der Waals surface area contributed by atoms with Crippen LogP contribution >= 0.6 is 0 Å². The van der Waals surface area contributed by atoms with E-state index in [2.05, 4.69) is 0 Å². The maximum atomic E-state index is 12.0. The van der Waals surface area contributed by atoms with Gasteiger partial charge in [0.25, 0.3) is 0 Å². The van der Waals surface area contributed by atoms with E-state index in [0.29, 0.717) is 26.1 Å². The summed E-state index contributed by atoms with van der Waals surface area (Å²) >= 11 is 0. The second-order valence-corrected chi connectivity index (χ2v) is 6.33. The summed E-state index contributed by atoms with van der Waals surface area (Å²) in [6.45, 7) is 9.21. The molecule has 21 heavy (non-hydrogen) atoms. The molecule has 0 aliphatic carbocycles. The van der Waals surface area contributed by atoms with Crippen LogP contribution in [0.15, 0.2) is 18.2 Å². The van der Waals surface area contributed by atoms with E-state index in [0.717, 1.165) is 16.9 Å². The topological polar surface area (TPSA) is 49.8 Å². The minimum Gasteiger partial charge on any atom is -0.493 e. The summed E-state index contributed by atoms with van der Waals surface area (Å²) in [5, 5.41) is 10.2. The molecule has 0 atom stereocenters. The monoisotopic (exact) mass is 291 g/mol. The number of carbonyl (C=O) groups is 1. The summed E-state index contributed by atoms with van der Waals surface area (Å²) in [4.78, 5) is 13.7. The number of hydrogen-bond acceptors (Lipinski definition) is 3. The molecule has 1 aromatic rings. The Balaban J connectivity index is 1.79. The Morgan fingerprint density at radius 1 is 1.33 bits per heavy atom. The number of hydrogen-bond donors (Lipinski definition) is 1. The molecule has 0 bridgehead atoms. The molecule has 0 radical (unpaired) electrons. The van der Waals surface area contributed by atoms with Crippen molar-refractivity contribution in [1.29, 1.82) is 0 Å². The summed E-state index contributed by atoms with van der Waals surface area (Å²) in [6, 6.07) is 6.00. The zero-order valence-electron chi connectivity index (χ0n) is 13.3. The van der Waals surface area contributed by atoms with E-state index in [-0.39, 0.29) is 11.8 Å². The fourth-order valence-electron chi connectivity index (χ4n) is 2.58. The fourth-order valence-corrected chi connectivity index (χ4v) is 2.58. The van der Waals surface area contributed by atoms with Gasteiger partial charge in [-0.25, -0.2) is 0 Å². The minimum absolute atomic E-state index is 0.0477. The molecule has 1 heterocycles. The van der Waals surface area contributed by atoms with Gasteiger partial charge >= 0.3 is 0 Å². The summed E-state index contributed by atoms with van der Waals surface area (Å²) in [5.74, 6) is 1.09. The van der Waals surface area contributed by atoms with Crippen LogP contribution in [0.4, 0.5) is 0 Å². The van der Waals surface area contributed by atoms with Crippen LogP contribution in [0.1, 0.15) is 31.4 Å². The lowest BCUT2D eigenvalue weighted by Gasteiger charge is -2.49. The Labute approximate surface area is 126 Å². The van der Waals surface area contributed by atoms with Gasteiger partial charge in [0.15, 0.2) is 0 Å². The number of aryl methyl sites for hydroxylation is 2. The molecule has 0 spiro atoms. The number of para-hydroxylation sites is 1. The minimum atomic E-state index is -0.705. The highest BCUT2D eigenvalue weighted by Gasteiger charge is 2.45. The molecule has 1 aliphatic heterocycles. The molecule has 1 fully saturated rings. The van der Waals surface area contributed by atoms with E-state index in [1.807, 2.05) is 45.9 Å². The van der Waals surface area contributed by atoms with Crippen molar-refractivity contribution >= 4 is 5.91 Å². The molecule has 0 unspecified atom stereocenters. The Bertz CT molecular complexity index is 499. The smallest absolute Gasteiger partial charge is 0.226 e. The average Bonchev–Trinajstić information content (AvgIpc) is 2.38. The lowest BCUT2D eigenvalue weighted by Crippen LogP contribution is -2.66. The predicted molar refractivity (Wildman–Crippen MR) is 82.4 cm³/mol. The molecule has 0 aromatic heterocycles. The molecule has 1 aliphatic rings. The number of benzene rings is 1. The van der Waals surface area contributed by atoms with Gasteiger partial charge in [-0.15, -0.1) is 0 Å². The lowest BCUT2D eigenvalue weighted by atomic mass is 9.83. The fraction of sp³-hybridized carbons (Fsp3) is 0.588. The third-order valence-corrected chi connectivity index (χ3v) is 4.33. The van der Waals surface area contributed by atoms with Crippen molar-refractivity contribution in [2.45, 2.75) is 39.7 Å². The molecule has 1 amide bonds. The van der Waals surface area contributed by atoms with Gasteiger partial charge in [-0.05, 0) is 30.9 Å². The molecule has 2 rings (SSSR count). The first-order valence-electron chi connectivity index (χ1n) is 7.52. The summed E-state index contributed by atoms with van der Waals surface area (Å²) in [5.41, 5.74) is 1.46. The zero-order chi connectivity index (χ0) is 15.6. The van der Waals surface area contributed by atoms with Gasteiger partial charge in [-0.2, -0.15) is 0 Å². The second-order valence-electron chi connectivity index (χ2n) is 6.33. The number of aliphatic hydroxyl groups is 1. The number of likely N-dealkylation sites (tertiary alicyclic amines) is 1. The number of β-amino-alcohol motifs (C(OH)–C–C–N with tert-alkyl or cyclic N) is 1. The van der Waals surface area contributed by atoms with Crippen molar-refractivity contribution in [2.24, 2.45) is 5.92 Å². The summed E-state index contributed by atoms with van der Waals surface area (Å²) < 4.78 is 5.75. The second kappa shape index (κ2) is 6.06. The molecule has 4 heteroatoms. The first kappa shape index (κ1) is 15.8. The largest absolute Gasteiger partial charge is 0.493 e. The summed E-state index contributed by atoms with van der Waals surface area (Å²) in [7, 11) is 0. The first-order valence-corrected chi connectivity index (χ1v) is 7.52. The van der Waals surface area contributed by atoms with Gasteiger partial charge in [0, 0.05) is 0 Å². The predicted octanol–water partition coefficient (Wildman–Crippen LogP) is 2.30. The molecule has 4 nitrogen and oxygen atoms in total. The Kier molecular flexibility index (Phi) is 4.57. The van der Waals surface area contributed by atoms with Crippen molar-refractivity contribution in [2.75, 3.05) is 19.7 Å². The van der Waals surface area contributed by atoms with Crippen LogP contribution < -0.4 is 4.74 Å². The standard InChI is InChI=1S/C17H25NO3/c1-12(2)17(20)10-18(11-17)15(19)8-9-21-16-13(3)6-5-7-14(16)4/h5-7,12,20H,8-11H2,1-4H3. The molecule has 0 saturated carbocycles. The molecule has 1 N–H and O–H groups in total. The van der Waals surface area contributed by atoms with Crippen LogP contribution in [0.2, 0.25) is 0 Å². The van der Waals surface area contributed by atoms with Crippen molar-refractivity contribution < 1.29 is 14.6 Å². The molecule has 1 saturated heterocycles. The van der Waals surface area contributed by atoms with Gasteiger partial charge in [-0.3, -0.25) is 4.79 Å². The van der Waals surface area contributed by atoms with E-state index in [9.17, 15) is 9.90 Å². The molecule has 116 valence electrons.